The largest absolute Gasteiger partial charge is 0.380 e. The van der Waals surface area contributed by atoms with Crippen LogP contribution >= 0.6 is 0 Å². The topological polar surface area (TPSA) is 64.3 Å². The fourth-order valence-corrected chi connectivity index (χ4v) is 2.74. The SMILES string of the molecule is CCOCC(NC(=O)CCC1CCC(N)CC1)C(C)C. The summed E-state index contributed by atoms with van der Waals surface area (Å²) < 4.78 is 5.44. The first kappa shape index (κ1) is 17.4. The molecule has 0 aromatic rings. The predicted molar refractivity (Wildman–Crippen MR) is 82.4 cm³/mol. The van der Waals surface area contributed by atoms with Gasteiger partial charge in [0.2, 0.25) is 5.91 Å². The molecule has 3 N–H and O–H groups in total. The lowest BCUT2D eigenvalue weighted by Gasteiger charge is -2.26. The molecule has 1 aliphatic carbocycles. The number of nitrogens with two attached hydrogens (primary N) is 1. The van der Waals surface area contributed by atoms with Crippen molar-refractivity contribution in [2.24, 2.45) is 17.6 Å². The summed E-state index contributed by atoms with van der Waals surface area (Å²) in [6.07, 6.45) is 6.23. The Morgan fingerprint density at radius 3 is 2.50 bits per heavy atom. The molecule has 1 aliphatic rings. The summed E-state index contributed by atoms with van der Waals surface area (Å²) in [6, 6.07) is 0.513. The predicted octanol–water partition coefficient (Wildman–Crippen LogP) is 2.46. The third-order valence-electron chi connectivity index (χ3n) is 4.32. The van der Waals surface area contributed by atoms with E-state index in [-0.39, 0.29) is 11.9 Å². The zero-order valence-electron chi connectivity index (χ0n) is 13.4. The number of hydrogen-bond acceptors (Lipinski definition) is 3. The molecule has 0 aromatic carbocycles. The van der Waals surface area contributed by atoms with E-state index in [2.05, 4.69) is 19.2 Å². The zero-order chi connectivity index (χ0) is 15.0. The van der Waals surface area contributed by atoms with Crippen molar-refractivity contribution in [1.29, 1.82) is 0 Å². The van der Waals surface area contributed by atoms with Crippen LogP contribution in [0, 0.1) is 11.8 Å². The van der Waals surface area contributed by atoms with Gasteiger partial charge in [0.1, 0.15) is 0 Å². The number of carbonyl (C=O) groups excluding carboxylic acids is 1. The van der Waals surface area contributed by atoms with Crippen molar-refractivity contribution in [3.8, 4) is 0 Å². The van der Waals surface area contributed by atoms with Crippen molar-refractivity contribution in [1.82, 2.24) is 5.32 Å². The third-order valence-corrected chi connectivity index (χ3v) is 4.32. The molecule has 0 bridgehead atoms. The smallest absolute Gasteiger partial charge is 0.220 e. The van der Waals surface area contributed by atoms with E-state index in [1.54, 1.807) is 0 Å². The average molecular weight is 284 g/mol. The van der Waals surface area contributed by atoms with E-state index in [1.807, 2.05) is 6.92 Å². The Morgan fingerprint density at radius 2 is 1.95 bits per heavy atom. The van der Waals surface area contributed by atoms with E-state index < -0.39 is 0 Å². The summed E-state index contributed by atoms with van der Waals surface area (Å²) in [7, 11) is 0. The fourth-order valence-electron chi connectivity index (χ4n) is 2.74. The zero-order valence-corrected chi connectivity index (χ0v) is 13.4. The molecule has 1 atom stereocenters. The molecule has 0 heterocycles. The van der Waals surface area contributed by atoms with Gasteiger partial charge in [0, 0.05) is 19.1 Å². The Labute approximate surface area is 123 Å². The molecule has 118 valence electrons. The van der Waals surface area contributed by atoms with Gasteiger partial charge in [-0.15, -0.1) is 0 Å². The van der Waals surface area contributed by atoms with Crippen LogP contribution in [0.3, 0.4) is 0 Å². The van der Waals surface area contributed by atoms with Crippen LogP contribution in [0.1, 0.15) is 59.3 Å². The fraction of sp³-hybridized carbons (Fsp3) is 0.938. The van der Waals surface area contributed by atoms with Crippen molar-refractivity contribution in [2.75, 3.05) is 13.2 Å². The number of rotatable bonds is 8. The Morgan fingerprint density at radius 1 is 1.30 bits per heavy atom. The second-order valence-corrected chi connectivity index (χ2v) is 6.40. The normalized spacial score (nSPS) is 24.6. The van der Waals surface area contributed by atoms with E-state index in [0.717, 1.165) is 19.3 Å². The van der Waals surface area contributed by atoms with E-state index in [4.69, 9.17) is 10.5 Å². The maximum absolute atomic E-state index is 12.0. The first-order chi connectivity index (χ1) is 9.52. The molecular formula is C16H32N2O2. The van der Waals surface area contributed by atoms with Gasteiger partial charge in [-0.2, -0.15) is 0 Å². The standard InChI is InChI=1S/C16H32N2O2/c1-4-20-11-15(12(2)3)18-16(19)10-7-13-5-8-14(17)9-6-13/h12-15H,4-11,17H2,1-3H3,(H,18,19). The van der Waals surface area contributed by atoms with Gasteiger partial charge in [-0.3, -0.25) is 4.79 Å². The number of ether oxygens (including phenoxy) is 1. The van der Waals surface area contributed by atoms with Crippen LogP contribution < -0.4 is 11.1 Å². The van der Waals surface area contributed by atoms with Crippen LogP contribution in [-0.4, -0.2) is 31.2 Å². The van der Waals surface area contributed by atoms with Crippen LogP contribution in [0.15, 0.2) is 0 Å². The highest BCUT2D eigenvalue weighted by atomic mass is 16.5. The van der Waals surface area contributed by atoms with E-state index >= 15 is 0 Å². The molecule has 0 radical (unpaired) electrons. The van der Waals surface area contributed by atoms with Crippen LogP contribution in [0.25, 0.3) is 0 Å². The van der Waals surface area contributed by atoms with Gasteiger partial charge in [0.15, 0.2) is 0 Å². The minimum Gasteiger partial charge on any atom is -0.380 e. The highest BCUT2D eigenvalue weighted by molar-refractivity contribution is 5.76. The monoisotopic (exact) mass is 284 g/mol. The van der Waals surface area contributed by atoms with Gasteiger partial charge < -0.3 is 15.8 Å². The maximum Gasteiger partial charge on any atom is 0.220 e. The van der Waals surface area contributed by atoms with Gasteiger partial charge in [-0.1, -0.05) is 13.8 Å². The van der Waals surface area contributed by atoms with E-state index in [9.17, 15) is 4.79 Å². The third kappa shape index (κ3) is 6.71. The molecule has 20 heavy (non-hydrogen) atoms. The molecule has 4 heteroatoms. The van der Waals surface area contributed by atoms with Crippen LogP contribution in [0.4, 0.5) is 0 Å². The molecule has 0 aliphatic heterocycles. The molecular weight excluding hydrogens is 252 g/mol. The number of carbonyl (C=O) groups is 1. The first-order valence-electron chi connectivity index (χ1n) is 8.15. The highest BCUT2D eigenvalue weighted by Crippen LogP contribution is 2.26. The summed E-state index contributed by atoms with van der Waals surface area (Å²) in [5.41, 5.74) is 5.91. The summed E-state index contributed by atoms with van der Waals surface area (Å²) in [6.45, 7) is 7.52. The Kier molecular flexibility index (Phi) is 8.15. The van der Waals surface area contributed by atoms with Crippen LogP contribution in [0.5, 0.6) is 0 Å². The van der Waals surface area contributed by atoms with Crippen molar-refractivity contribution >= 4 is 5.91 Å². The highest BCUT2D eigenvalue weighted by Gasteiger charge is 2.20. The minimum absolute atomic E-state index is 0.127. The van der Waals surface area contributed by atoms with Crippen molar-refractivity contribution in [3.05, 3.63) is 0 Å². The molecule has 0 saturated heterocycles. The van der Waals surface area contributed by atoms with Crippen LogP contribution in [-0.2, 0) is 9.53 Å². The van der Waals surface area contributed by atoms with Gasteiger partial charge >= 0.3 is 0 Å². The maximum atomic E-state index is 12.0. The second-order valence-electron chi connectivity index (χ2n) is 6.40. The summed E-state index contributed by atoms with van der Waals surface area (Å²) in [5, 5.41) is 3.11. The molecule has 4 nitrogen and oxygen atoms in total. The Bertz CT molecular complexity index is 274. The Hall–Kier alpha value is -0.610. The van der Waals surface area contributed by atoms with Gasteiger partial charge in [-0.25, -0.2) is 0 Å². The van der Waals surface area contributed by atoms with Gasteiger partial charge in [0.25, 0.3) is 0 Å². The van der Waals surface area contributed by atoms with Crippen LogP contribution in [0.2, 0.25) is 0 Å². The average Bonchev–Trinajstić information content (AvgIpc) is 2.42. The summed E-state index contributed by atoms with van der Waals surface area (Å²) >= 11 is 0. The van der Waals surface area contributed by atoms with Crippen molar-refractivity contribution < 1.29 is 9.53 Å². The minimum atomic E-state index is 0.127. The Balaban J connectivity index is 2.23. The van der Waals surface area contributed by atoms with Gasteiger partial charge in [0.05, 0.1) is 12.6 Å². The first-order valence-corrected chi connectivity index (χ1v) is 8.15. The summed E-state index contributed by atoms with van der Waals surface area (Å²) in [4.78, 5) is 12.0. The number of hydrogen-bond donors (Lipinski definition) is 2. The van der Waals surface area contributed by atoms with E-state index in [1.165, 1.54) is 12.8 Å². The molecule has 0 aromatic heterocycles. The summed E-state index contributed by atoms with van der Waals surface area (Å²) in [5.74, 6) is 1.25. The van der Waals surface area contributed by atoms with Crippen molar-refractivity contribution in [2.45, 2.75) is 71.4 Å². The lowest BCUT2D eigenvalue weighted by Crippen LogP contribution is -2.42. The lowest BCUT2D eigenvalue weighted by atomic mass is 9.84. The van der Waals surface area contributed by atoms with Gasteiger partial charge in [-0.05, 0) is 50.9 Å². The second kappa shape index (κ2) is 9.35. The molecule has 0 spiro atoms. The quantitative estimate of drug-likeness (QED) is 0.719. The molecule has 1 fully saturated rings. The van der Waals surface area contributed by atoms with Crippen molar-refractivity contribution in [3.63, 3.8) is 0 Å². The molecule has 1 rings (SSSR count). The van der Waals surface area contributed by atoms with E-state index in [0.29, 0.717) is 37.5 Å². The molecule has 1 unspecified atom stereocenters. The number of nitrogens with one attached hydrogen (secondary N) is 1. The molecule has 1 amide bonds. The molecule has 1 saturated carbocycles. The lowest BCUT2D eigenvalue weighted by molar-refractivity contribution is -0.123. The number of amides is 1.